The number of amides is 2. The van der Waals surface area contributed by atoms with Crippen molar-refractivity contribution < 1.29 is 9.59 Å². The van der Waals surface area contributed by atoms with Crippen molar-refractivity contribution in [2.24, 2.45) is 11.8 Å². The van der Waals surface area contributed by atoms with Crippen LogP contribution in [-0.2, 0) is 9.59 Å². The van der Waals surface area contributed by atoms with Crippen LogP contribution in [0.5, 0.6) is 0 Å². The Balaban J connectivity index is 1.89. The quantitative estimate of drug-likeness (QED) is 0.729. The van der Waals surface area contributed by atoms with Gasteiger partial charge in [-0.15, -0.1) is 11.3 Å². The summed E-state index contributed by atoms with van der Waals surface area (Å²) < 4.78 is 0. The molecule has 0 saturated carbocycles. The summed E-state index contributed by atoms with van der Waals surface area (Å²) in [5.74, 6) is 1.18. The molecule has 1 aliphatic heterocycles. The molecule has 0 aromatic carbocycles. The molecule has 2 heterocycles. The summed E-state index contributed by atoms with van der Waals surface area (Å²) >= 11 is 1.56. The Bertz CT molecular complexity index is 566. The van der Waals surface area contributed by atoms with Crippen molar-refractivity contribution in [3.05, 3.63) is 22.4 Å². The summed E-state index contributed by atoms with van der Waals surface area (Å²) in [6, 6.07) is 4.02. The Morgan fingerprint density at radius 2 is 2.00 bits per heavy atom. The van der Waals surface area contributed by atoms with E-state index in [1.807, 2.05) is 17.5 Å². The summed E-state index contributed by atoms with van der Waals surface area (Å²) in [7, 11) is 0. The van der Waals surface area contributed by atoms with E-state index < -0.39 is 0 Å². The highest BCUT2D eigenvalue weighted by molar-refractivity contribution is 7.10. The highest BCUT2D eigenvalue weighted by Gasteiger charge is 2.26. The van der Waals surface area contributed by atoms with E-state index in [-0.39, 0.29) is 24.3 Å². The van der Waals surface area contributed by atoms with Crippen LogP contribution in [0.1, 0.15) is 57.9 Å². The van der Waals surface area contributed by atoms with Gasteiger partial charge < -0.3 is 10.6 Å². The van der Waals surface area contributed by atoms with Crippen molar-refractivity contribution in [2.75, 3.05) is 19.6 Å². The summed E-state index contributed by atoms with van der Waals surface area (Å²) in [5.41, 5.74) is 0. The summed E-state index contributed by atoms with van der Waals surface area (Å²) in [5, 5.41) is 7.97. The zero-order valence-corrected chi connectivity index (χ0v) is 17.3. The molecule has 0 aliphatic carbocycles. The number of thiophene rings is 1. The maximum atomic E-state index is 12.5. The summed E-state index contributed by atoms with van der Waals surface area (Å²) in [6.07, 6.45) is 2.75. The maximum absolute atomic E-state index is 12.5. The number of nitrogens with one attached hydrogen (secondary N) is 2. The van der Waals surface area contributed by atoms with Crippen LogP contribution in [0.2, 0.25) is 0 Å². The first kappa shape index (κ1) is 20.9. The number of rotatable bonds is 8. The lowest BCUT2D eigenvalue weighted by atomic mass is 9.94. The van der Waals surface area contributed by atoms with E-state index in [9.17, 15) is 9.59 Å². The molecule has 5 nitrogen and oxygen atoms in total. The molecule has 1 aromatic heterocycles. The number of hydrogen-bond donors (Lipinski definition) is 2. The molecule has 6 heteroatoms. The van der Waals surface area contributed by atoms with Crippen molar-refractivity contribution in [3.63, 3.8) is 0 Å². The smallest absolute Gasteiger partial charge is 0.222 e. The van der Waals surface area contributed by atoms with E-state index in [2.05, 4.69) is 36.3 Å². The Hall–Kier alpha value is -1.40. The molecular formula is C20H33N3O2S. The molecule has 1 fully saturated rings. The highest BCUT2D eigenvalue weighted by atomic mass is 32.1. The fourth-order valence-corrected chi connectivity index (χ4v) is 4.36. The molecule has 1 aliphatic rings. The van der Waals surface area contributed by atoms with E-state index in [0.717, 1.165) is 23.9 Å². The van der Waals surface area contributed by atoms with Crippen molar-refractivity contribution in [1.29, 1.82) is 0 Å². The van der Waals surface area contributed by atoms with Gasteiger partial charge in [0.1, 0.15) is 0 Å². The minimum Gasteiger partial charge on any atom is -0.354 e. The topological polar surface area (TPSA) is 61.4 Å². The third-order valence-corrected chi connectivity index (χ3v) is 6.20. The Morgan fingerprint density at radius 3 is 2.54 bits per heavy atom. The minimum absolute atomic E-state index is 0.00632. The third kappa shape index (κ3) is 6.40. The standard InChI is InChI=1S/C20H33N3O2S/c1-14(2)18(23-9-7-15(3)8-10-23)13-21-20(25)12-17(22-16(4)24)19-6-5-11-26-19/h5-6,11,14-15,17-18H,7-10,12-13H2,1-4H3,(H,21,25)(H,22,24)/t17-,18+/m0/s1. The first-order chi connectivity index (χ1) is 12.4. The second-order valence-electron chi connectivity index (χ2n) is 7.81. The van der Waals surface area contributed by atoms with Gasteiger partial charge in [-0.25, -0.2) is 0 Å². The summed E-state index contributed by atoms with van der Waals surface area (Å²) in [6.45, 7) is 11.2. The number of likely N-dealkylation sites (tertiary alicyclic amines) is 1. The van der Waals surface area contributed by atoms with E-state index in [4.69, 9.17) is 0 Å². The van der Waals surface area contributed by atoms with E-state index in [1.54, 1.807) is 11.3 Å². The van der Waals surface area contributed by atoms with Gasteiger partial charge in [-0.05, 0) is 49.2 Å². The van der Waals surface area contributed by atoms with Gasteiger partial charge in [-0.2, -0.15) is 0 Å². The van der Waals surface area contributed by atoms with Gasteiger partial charge in [0.2, 0.25) is 11.8 Å². The third-order valence-electron chi connectivity index (χ3n) is 5.22. The zero-order valence-electron chi connectivity index (χ0n) is 16.5. The van der Waals surface area contributed by atoms with Gasteiger partial charge in [0, 0.05) is 24.4 Å². The predicted molar refractivity (Wildman–Crippen MR) is 107 cm³/mol. The molecule has 0 radical (unpaired) electrons. The molecule has 1 saturated heterocycles. The van der Waals surface area contributed by atoms with E-state index in [0.29, 0.717) is 18.5 Å². The second kappa shape index (κ2) is 10.1. The monoisotopic (exact) mass is 379 g/mol. The van der Waals surface area contributed by atoms with Gasteiger partial charge in [0.25, 0.3) is 0 Å². The van der Waals surface area contributed by atoms with Crippen LogP contribution in [0.4, 0.5) is 0 Å². The molecule has 0 spiro atoms. The largest absolute Gasteiger partial charge is 0.354 e. The molecule has 146 valence electrons. The van der Waals surface area contributed by atoms with Crippen LogP contribution in [0.15, 0.2) is 17.5 Å². The number of nitrogens with zero attached hydrogens (tertiary/aromatic N) is 1. The van der Waals surface area contributed by atoms with Crippen LogP contribution in [0.25, 0.3) is 0 Å². The van der Waals surface area contributed by atoms with Gasteiger partial charge in [0.15, 0.2) is 0 Å². The average Bonchev–Trinajstić information content (AvgIpc) is 3.10. The fraction of sp³-hybridized carbons (Fsp3) is 0.700. The van der Waals surface area contributed by atoms with Crippen LogP contribution in [0, 0.1) is 11.8 Å². The highest BCUT2D eigenvalue weighted by Crippen LogP contribution is 2.23. The predicted octanol–water partition coefficient (Wildman–Crippen LogP) is 3.19. The SMILES string of the molecule is CC(=O)N[C@@H](CC(=O)NC[C@H](C(C)C)N1CCC(C)CC1)c1cccs1. The molecule has 0 bridgehead atoms. The molecular weight excluding hydrogens is 346 g/mol. The average molecular weight is 380 g/mol. The second-order valence-corrected chi connectivity index (χ2v) is 8.79. The van der Waals surface area contributed by atoms with Crippen molar-refractivity contribution >= 4 is 23.2 Å². The van der Waals surface area contributed by atoms with Crippen molar-refractivity contribution in [3.8, 4) is 0 Å². The van der Waals surface area contributed by atoms with Crippen LogP contribution in [-0.4, -0.2) is 42.4 Å². The number of carbonyl (C=O) groups excluding carboxylic acids is 2. The van der Waals surface area contributed by atoms with Gasteiger partial charge >= 0.3 is 0 Å². The Labute approximate surface area is 161 Å². The van der Waals surface area contributed by atoms with Gasteiger partial charge in [-0.3, -0.25) is 14.5 Å². The van der Waals surface area contributed by atoms with Crippen LogP contribution < -0.4 is 10.6 Å². The van der Waals surface area contributed by atoms with E-state index in [1.165, 1.54) is 19.8 Å². The molecule has 0 unspecified atom stereocenters. The summed E-state index contributed by atoms with van der Waals surface area (Å²) in [4.78, 5) is 27.5. The van der Waals surface area contributed by atoms with Gasteiger partial charge in [-0.1, -0.05) is 26.8 Å². The molecule has 1 aromatic rings. The normalized spacial score (nSPS) is 18.5. The van der Waals surface area contributed by atoms with E-state index >= 15 is 0 Å². The molecule has 2 N–H and O–H groups in total. The molecule has 26 heavy (non-hydrogen) atoms. The maximum Gasteiger partial charge on any atom is 0.222 e. The van der Waals surface area contributed by atoms with Gasteiger partial charge in [0.05, 0.1) is 12.5 Å². The first-order valence-electron chi connectivity index (χ1n) is 9.68. The molecule has 2 atom stereocenters. The number of hydrogen-bond acceptors (Lipinski definition) is 4. The van der Waals surface area contributed by atoms with Crippen LogP contribution >= 0.6 is 11.3 Å². The molecule has 2 amide bonds. The first-order valence-corrected chi connectivity index (χ1v) is 10.6. The van der Waals surface area contributed by atoms with Crippen molar-refractivity contribution in [1.82, 2.24) is 15.5 Å². The Kier molecular flexibility index (Phi) is 8.10. The number of piperidine rings is 1. The van der Waals surface area contributed by atoms with Crippen molar-refractivity contribution in [2.45, 2.75) is 59.0 Å². The minimum atomic E-state index is -0.249. The Morgan fingerprint density at radius 1 is 1.31 bits per heavy atom. The molecule has 2 rings (SSSR count). The van der Waals surface area contributed by atoms with Crippen LogP contribution in [0.3, 0.4) is 0 Å². The lowest BCUT2D eigenvalue weighted by Gasteiger charge is -2.39. The number of carbonyl (C=O) groups is 2. The lowest BCUT2D eigenvalue weighted by molar-refractivity contribution is -0.123. The zero-order chi connectivity index (χ0) is 19.1. The lowest BCUT2D eigenvalue weighted by Crippen LogP contribution is -2.50. The fourth-order valence-electron chi connectivity index (χ4n) is 3.58.